The van der Waals surface area contributed by atoms with Crippen LogP contribution >= 0.6 is 0 Å². The second-order valence-electron chi connectivity index (χ2n) is 11.2. The fraction of sp³-hybridized carbons (Fsp3) is 0.286. The first-order chi connectivity index (χ1) is 22.2. The van der Waals surface area contributed by atoms with Gasteiger partial charge in [-0.05, 0) is 36.1 Å². The van der Waals surface area contributed by atoms with Gasteiger partial charge in [-0.2, -0.15) is 0 Å². The monoisotopic (exact) mass is 625 g/mol. The molecule has 3 aromatic carbocycles. The van der Waals surface area contributed by atoms with Gasteiger partial charge in [0, 0.05) is 31.5 Å². The highest BCUT2D eigenvalue weighted by Crippen LogP contribution is 2.22. The number of ketones is 1. The fourth-order valence-electron chi connectivity index (χ4n) is 5.26. The molecule has 3 amide bonds. The van der Waals surface area contributed by atoms with Crippen molar-refractivity contribution in [2.45, 2.75) is 57.5 Å². The third-order valence-corrected chi connectivity index (χ3v) is 7.58. The summed E-state index contributed by atoms with van der Waals surface area (Å²) in [4.78, 5) is 64.4. The molecule has 240 valence electrons. The average molecular weight is 626 g/mol. The molecule has 46 heavy (non-hydrogen) atoms. The summed E-state index contributed by atoms with van der Waals surface area (Å²) in [6.07, 6.45) is 1.16. The zero-order valence-electron chi connectivity index (χ0n) is 25.8. The number of Topliss-reactive ketones (excluding diaryl/α,β-unsaturated/α-hetero) is 1. The molecule has 0 spiro atoms. The maximum absolute atomic E-state index is 14.0. The molecule has 0 bridgehead atoms. The van der Waals surface area contributed by atoms with Crippen LogP contribution in [0.5, 0.6) is 0 Å². The van der Waals surface area contributed by atoms with E-state index in [1.165, 1.54) is 18.4 Å². The summed E-state index contributed by atoms with van der Waals surface area (Å²) < 4.78 is 1.39. The van der Waals surface area contributed by atoms with Crippen molar-refractivity contribution in [3.05, 3.63) is 108 Å². The summed E-state index contributed by atoms with van der Waals surface area (Å²) >= 11 is 0. The van der Waals surface area contributed by atoms with Gasteiger partial charge >= 0.3 is 0 Å². The highest BCUT2D eigenvalue weighted by molar-refractivity contribution is 5.96. The summed E-state index contributed by atoms with van der Waals surface area (Å²) in [5.41, 5.74) is 3.06. The van der Waals surface area contributed by atoms with E-state index >= 15 is 0 Å². The Balaban J connectivity index is 1.60. The average Bonchev–Trinajstić information content (AvgIpc) is 3.41. The number of aromatic nitrogens is 1. The van der Waals surface area contributed by atoms with Crippen LogP contribution in [0.1, 0.15) is 30.5 Å². The summed E-state index contributed by atoms with van der Waals surface area (Å²) in [5.74, 6) is -2.20. The maximum Gasteiger partial charge on any atom is 0.245 e. The summed E-state index contributed by atoms with van der Waals surface area (Å²) in [5, 5.41) is 22.0. The summed E-state index contributed by atoms with van der Waals surface area (Å²) in [6.45, 7) is 3.02. The van der Waals surface area contributed by atoms with Crippen LogP contribution in [0.3, 0.4) is 0 Å². The molecule has 0 aliphatic rings. The third kappa shape index (κ3) is 9.19. The van der Waals surface area contributed by atoms with Gasteiger partial charge in [-0.15, -0.1) is 0 Å². The second-order valence-corrected chi connectivity index (χ2v) is 11.2. The Morgan fingerprint density at radius 1 is 0.783 bits per heavy atom. The van der Waals surface area contributed by atoms with E-state index in [9.17, 15) is 29.1 Å². The molecule has 11 heteroatoms. The van der Waals surface area contributed by atoms with E-state index in [1.54, 1.807) is 30.5 Å². The number of rotatable bonds is 16. The predicted octanol–water partition coefficient (Wildman–Crippen LogP) is 1.68. The Labute approximate surface area is 267 Å². The van der Waals surface area contributed by atoms with Crippen LogP contribution < -0.4 is 21.3 Å². The van der Waals surface area contributed by atoms with Gasteiger partial charge in [0.25, 0.3) is 0 Å². The molecule has 0 aliphatic carbocycles. The largest absolute Gasteiger partial charge is 0.391 e. The Morgan fingerprint density at radius 2 is 1.39 bits per heavy atom. The van der Waals surface area contributed by atoms with E-state index in [0.717, 1.165) is 11.1 Å². The van der Waals surface area contributed by atoms with Crippen molar-refractivity contribution < 1.29 is 29.1 Å². The fourth-order valence-corrected chi connectivity index (χ4v) is 5.26. The van der Waals surface area contributed by atoms with Crippen LogP contribution in [0.25, 0.3) is 10.9 Å². The standard InChI is InChI=1S/C35H39N5O6/c1-23(42)33(37-24(2)43)35(46)39-30(18-27-21-40(22-41)31-16-10-9-15-28(27)31)34(45)38-29(17-25-11-5-3-6-12-25)32(44)20-36-19-26-13-7-4-8-14-26/h3-16,21-23,29-30,33,36,42H,17-20H2,1-2H3,(H,37,43)(H,38,45)(H,39,46)/t23-,29+,30-,33+/m1/s1. The first-order valence-electron chi connectivity index (χ1n) is 15.1. The number of nitrogens with zero attached hydrogens (tertiary/aromatic N) is 1. The maximum atomic E-state index is 14.0. The number of nitrogens with one attached hydrogen (secondary N) is 4. The topological polar surface area (TPSA) is 159 Å². The van der Waals surface area contributed by atoms with Gasteiger partial charge in [-0.1, -0.05) is 78.9 Å². The van der Waals surface area contributed by atoms with Crippen LogP contribution in [0.2, 0.25) is 0 Å². The van der Waals surface area contributed by atoms with Crippen molar-refractivity contribution in [3.63, 3.8) is 0 Å². The number of hydrogen-bond donors (Lipinski definition) is 5. The summed E-state index contributed by atoms with van der Waals surface area (Å²) in [7, 11) is 0. The highest BCUT2D eigenvalue weighted by atomic mass is 16.3. The molecule has 4 rings (SSSR count). The van der Waals surface area contributed by atoms with Crippen LogP contribution in [-0.4, -0.2) is 70.4 Å². The van der Waals surface area contributed by atoms with Crippen LogP contribution in [0.4, 0.5) is 0 Å². The van der Waals surface area contributed by atoms with Gasteiger partial charge < -0.3 is 26.4 Å². The number of carbonyl (C=O) groups excluding carboxylic acids is 5. The van der Waals surface area contributed by atoms with E-state index in [1.807, 2.05) is 60.7 Å². The van der Waals surface area contributed by atoms with E-state index in [0.29, 0.717) is 29.4 Å². The molecule has 0 aliphatic heterocycles. The van der Waals surface area contributed by atoms with E-state index < -0.39 is 42.0 Å². The van der Waals surface area contributed by atoms with Crippen LogP contribution in [0, 0.1) is 0 Å². The molecule has 0 fully saturated rings. The molecule has 0 radical (unpaired) electrons. The molecular weight excluding hydrogens is 586 g/mol. The number of benzene rings is 3. The van der Waals surface area contributed by atoms with Crippen molar-refractivity contribution in [2.75, 3.05) is 6.54 Å². The van der Waals surface area contributed by atoms with Crippen molar-refractivity contribution in [1.82, 2.24) is 25.8 Å². The van der Waals surface area contributed by atoms with Gasteiger partial charge in [0.2, 0.25) is 24.1 Å². The lowest BCUT2D eigenvalue weighted by Crippen LogP contribution is -2.59. The Bertz CT molecular complexity index is 1650. The van der Waals surface area contributed by atoms with Gasteiger partial charge in [0.1, 0.15) is 12.1 Å². The van der Waals surface area contributed by atoms with Gasteiger partial charge in [-0.3, -0.25) is 28.5 Å². The molecule has 1 heterocycles. The van der Waals surface area contributed by atoms with Gasteiger partial charge in [0.15, 0.2) is 5.78 Å². The minimum absolute atomic E-state index is 0.0108. The molecule has 1 aromatic heterocycles. The Hall–Kier alpha value is -5.13. The minimum Gasteiger partial charge on any atom is -0.391 e. The van der Waals surface area contributed by atoms with Crippen molar-refractivity contribution >= 4 is 40.8 Å². The van der Waals surface area contributed by atoms with Crippen molar-refractivity contribution in [2.24, 2.45) is 0 Å². The molecule has 0 saturated carbocycles. The number of carbonyl (C=O) groups is 5. The molecule has 4 atom stereocenters. The van der Waals surface area contributed by atoms with Crippen molar-refractivity contribution in [1.29, 1.82) is 0 Å². The van der Waals surface area contributed by atoms with Gasteiger partial charge in [-0.25, -0.2) is 0 Å². The molecule has 11 nitrogen and oxygen atoms in total. The quantitative estimate of drug-likeness (QED) is 0.119. The van der Waals surface area contributed by atoms with E-state index in [-0.39, 0.29) is 25.2 Å². The first kappa shape index (κ1) is 33.8. The lowest BCUT2D eigenvalue weighted by molar-refractivity contribution is -0.134. The summed E-state index contributed by atoms with van der Waals surface area (Å²) in [6, 6.07) is 22.5. The van der Waals surface area contributed by atoms with Crippen molar-refractivity contribution in [3.8, 4) is 0 Å². The van der Waals surface area contributed by atoms with Crippen LogP contribution in [0.15, 0.2) is 91.1 Å². The SMILES string of the molecule is CC(=O)N[C@H](C(=O)N[C@H](Cc1cn(C=O)c2ccccc12)C(=O)N[C@@H](Cc1ccccc1)C(=O)CNCc1ccccc1)[C@@H](C)O. The zero-order chi connectivity index (χ0) is 33.1. The Morgan fingerprint density at radius 3 is 2.02 bits per heavy atom. The number of amides is 3. The van der Waals surface area contributed by atoms with Gasteiger partial charge in [0.05, 0.1) is 24.2 Å². The second kappa shape index (κ2) is 16.3. The number of hydrogen-bond acceptors (Lipinski definition) is 7. The molecule has 5 N–H and O–H groups in total. The number of aliphatic hydroxyl groups excluding tert-OH is 1. The predicted molar refractivity (Wildman–Crippen MR) is 174 cm³/mol. The highest BCUT2D eigenvalue weighted by Gasteiger charge is 2.32. The van der Waals surface area contributed by atoms with Crippen LogP contribution in [-0.2, 0) is 43.4 Å². The Kier molecular flexibility index (Phi) is 11.9. The first-order valence-corrected chi connectivity index (χ1v) is 15.1. The molecule has 4 aromatic rings. The third-order valence-electron chi connectivity index (χ3n) is 7.58. The van der Waals surface area contributed by atoms with E-state index in [4.69, 9.17) is 0 Å². The smallest absolute Gasteiger partial charge is 0.245 e. The number of aliphatic hydroxyl groups is 1. The minimum atomic E-state index is -1.33. The number of para-hydroxylation sites is 1. The normalized spacial score (nSPS) is 13.6. The lowest BCUT2D eigenvalue weighted by atomic mass is 9.99. The molecule has 0 unspecified atom stereocenters. The van der Waals surface area contributed by atoms with E-state index in [2.05, 4.69) is 21.3 Å². The molecular formula is C35H39N5O6. The lowest BCUT2D eigenvalue weighted by Gasteiger charge is -2.26. The zero-order valence-corrected chi connectivity index (χ0v) is 25.8. The number of fused-ring (bicyclic) bond motifs is 1. The molecule has 0 saturated heterocycles.